The Morgan fingerprint density at radius 2 is 2.00 bits per heavy atom. The highest BCUT2D eigenvalue weighted by Crippen LogP contribution is 2.31. The number of nitrogens with one attached hydrogen (secondary N) is 1. The quantitative estimate of drug-likeness (QED) is 0.837. The van der Waals surface area contributed by atoms with Crippen LogP contribution >= 0.6 is 0 Å². The molecule has 1 fully saturated rings. The van der Waals surface area contributed by atoms with Crippen LogP contribution in [0.5, 0.6) is 0 Å². The van der Waals surface area contributed by atoms with E-state index in [1.807, 2.05) is 6.92 Å². The predicted octanol–water partition coefficient (Wildman–Crippen LogP) is 1.08. The molecule has 0 spiro atoms. The molecular weight excluding hydrogens is 252 g/mol. The van der Waals surface area contributed by atoms with E-state index >= 15 is 0 Å². The standard InChI is InChI=1S/C11H18N4O2S/c1-3-6-15(9-4-5-9)18(16,17)10-7-13-11(12-2)14-8-10/h7-9H,3-6H2,1-2H3,(H,12,13,14). The molecule has 1 N–H and O–H groups in total. The molecule has 1 aliphatic carbocycles. The van der Waals surface area contributed by atoms with Crippen LogP contribution < -0.4 is 5.32 Å². The Labute approximate surface area is 107 Å². The molecule has 18 heavy (non-hydrogen) atoms. The Morgan fingerprint density at radius 3 is 2.44 bits per heavy atom. The third-order valence-electron chi connectivity index (χ3n) is 2.86. The normalized spacial score (nSPS) is 15.9. The second-order valence-corrected chi connectivity index (χ2v) is 6.23. The van der Waals surface area contributed by atoms with Crippen molar-refractivity contribution in [2.75, 3.05) is 18.9 Å². The van der Waals surface area contributed by atoms with Gasteiger partial charge in [-0.1, -0.05) is 6.92 Å². The molecule has 0 unspecified atom stereocenters. The largest absolute Gasteiger partial charge is 0.357 e. The van der Waals surface area contributed by atoms with E-state index in [2.05, 4.69) is 15.3 Å². The number of hydrogen-bond acceptors (Lipinski definition) is 5. The summed E-state index contributed by atoms with van der Waals surface area (Å²) in [4.78, 5) is 8.08. The van der Waals surface area contributed by atoms with Gasteiger partial charge in [0.1, 0.15) is 4.90 Å². The maximum atomic E-state index is 12.4. The number of nitrogens with zero attached hydrogens (tertiary/aromatic N) is 3. The number of aromatic nitrogens is 2. The van der Waals surface area contributed by atoms with E-state index in [1.54, 1.807) is 11.4 Å². The van der Waals surface area contributed by atoms with Gasteiger partial charge < -0.3 is 5.32 Å². The van der Waals surface area contributed by atoms with Gasteiger partial charge in [-0.2, -0.15) is 4.31 Å². The van der Waals surface area contributed by atoms with Gasteiger partial charge >= 0.3 is 0 Å². The SMILES string of the molecule is CCCN(C1CC1)S(=O)(=O)c1cnc(NC)nc1. The van der Waals surface area contributed by atoms with Crippen molar-refractivity contribution in [3.05, 3.63) is 12.4 Å². The van der Waals surface area contributed by atoms with Crippen LogP contribution in [-0.2, 0) is 10.0 Å². The summed E-state index contributed by atoms with van der Waals surface area (Å²) >= 11 is 0. The third-order valence-corrected chi connectivity index (χ3v) is 4.76. The molecule has 1 aromatic rings. The van der Waals surface area contributed by atoms with Gasteiger partial charge in [0.2, 0.25) is 16.0 Å². The first-order valence-corrected chi connectivity index (χ1v) is 7.55. The summed E-state index contributed by atoms with van der Waals surface area (Å²) in [5, 5.41) is 2.76. The van der Waals surface area contributed by atoms with E-state index in [9.17, 15) is 8.42 Å². The summed E-state index contributed by atoms with van der Waals surface area (Å²) in [6.07, 6.45) is 5.44. The highest BCUT2D eigenvalue weighted by atomic mass is 32.2. The van der Waals surface area contributed by atoms with Crippen LogP contribution in [0.15, 0.2) is 17.3 Å². The minimum Gasteiger partial charge on any atom is -0.357 e. The van der Waals surface area contributed by atoms with Gasteiger partial charge in [-0.15, -0.1) is 0 Å². The molecule has 0 saturated heterocycles. The fraction of sp³-hybridized carbons (Fsp3) is 0.636. The Hall–Kier alpha value is -1.21. The predicted molar refractivity (Wildman–Crippen MR) is 68.8 cm³/mol. The van der Waals surface area contributed by atoms with E-state index in [-0.39, 0.29) is 10.9 Å². The molecule has 1 heterocycles. The lowest BCUT2D eigenvalue weighted by Gasteiger charge is -2.20. The van der Waals surface area contributed by atoms with Crippen molar-refractivity contribution in [1.82, 2.24) is 14.3 Å². The van der Waals surface area contributed by atoms with Crippen LogP contribution in [0, 0.1) is 0 Å². The monoisotopic (exact) mass is 270 g/mol. The minimum absolute atomic E-state index is 0.166. The van der Waals surface area contributed by atoms with Gasteiger partial charge in [0.05, 0.1) is 12.4 Å². The minimum atomic E-state index is -3.44. The van der Waals surface area contributed by atoms with E-state index < -0.39 is 10.0 Å². The Kier molecular flexibility index (Phi) is 3.82. The summed E-state index contributed by atoms with van der Waals surface area (Å²) in [6.45, 7) is 2.53. The van der Waals surface area contributed by atoms with E-state index in [4.69, 9.17) is 0 Å². The number of anilines is 1. The van der Waals surface area contributed by atoms with Crippen LogP contribution in [0.3, 0.4) is 0 Å². The zero-order valence-corrected chi connectivity index (χ0v) is 11.4. The molecule has 0 radical (unpaired) electrons. The van der Waals surface area contributed by atoms with Crippen molar-refractivity contribution < 1.29 is 8.42 Å². The molecule has 0 aromatic carbocycles. The molecule has 0 bridgehead atoms. The van der Waals surface area contributed by atoms with Gasteiger partial charge in [-0.3, -0.25) is 0 Å². The fourth-order valence-corrected chi connectivity index (χ4v) is 3.46. The van der Waals surface area contributed by atoms with E-state index in [0.29, 0.717) is 12.5 Å². The lowest BCUT2D eigenvalue weighted by Crippen LogP contribution is -2.34. The maximum Gasteiger partial charge on any atom is 0.246 e. The molecule has 1 aliphatic rings. The topological polar surface area (TPSA) is 75.2 Å². The second-order valence-electron chi connectivity index (χ2n) is 4.34. The van der Waals surface area contributed by atoms with Gasteiger partial charge in [0, 0.05) is 19.6 Å². The summed E-state index contributed by atoms with van der Waals surface area (Å²) in [7, 11) is -1.75. The van der Waals surface area contributed by atoms with Crippen LogP contribution in [0.25, 0.3) is 0 Å². The average molecular weight is 270 g/mol. The van der Waals surface area contributed by atoms with E-state index in [0.717, 1.165) is 19.3 Å². The average Bonchev–Trinajstić information content (AvgIpc) is 3.20. The Bertz CT molecular complexity index is 496. The summed E-state index contributed by atoms with van der Waals surface area (Å²) in [6, 6.07) is 0.166. The first-order valence-electron chi connectivity index (χ1n) is 6.11. The molecule has 0 aliphatic heterocycles. The number of rotatable bonds is 6. The summed E-state index contributed by atoms with van der Waals surface area (Å²) < 4.78 is 26.4. The van der Waals surface area contributed by atoms with Crippen molar-refractivity contribution in [3.8, 4) is 0 Å². The van der Waals surface area contributed by atoms with Crippen molar-refractivity contribution in [2.24, 2.45) is 0 Å². The maximum absolute atomic E-state index is 12.4. The first-order chi connectivity index (χ1) is 8.59. The van der Waals surface area contributed by atoms with Crippen LogP contribution in [0.1, 0.15) is 26.2 Å². The molecular formula is C11H18N4O2S. The van der Waals surface area contributed by atoms with Crippen molar-refractivity contribution in [3.63, 3.8) is 0 Å². The Morgan fingerprint density at radius 1 is 1.39 bits per heavy atom. The number of hydrogen-bond donors (Lipinski definition) is 1. The van der Waals surface area contributed by atoms with E-state index in [1.165, 1.54) is 12.4 Å². The highest BCUT2D eigenvalue weighted by Gasteiger charge is 2.37. The molecule has 1 saturated carbocycles. The van der Waals surface area contributed by atoms with Crippen LogP contribution in [-0.4, -0.2) is 42.3 Å². The smallest absolute Gasteiger partial charge is 0.246 e. The lowest BCUT2D eigenvalue weighted by molar-refractivity contribution is 0.403. The molecule has 2 rings (SSSR count). The first kappa shape index (κ1) is 13.2. The van der Waals surface area contributed by atoms with Gasteiger partial charge in [0.15, 0.2) is 0 Å². The van der Waals surface area contributed by atoms with Gasteiger partial charge in [0.25, 0.3) is 0 Å². The number of sulfonamides is 1. The van der Waals surface area contributed by atoms with Crippen molar-refractivity contribution in [1.29, 1.82) is 0 Å². The fourth-order valence-electron chi connectivity index (χ4n) is 1.80. The summed E-state index contributed by atoms with van der Waals surface area (Å²) in [5.74, 6) is 0.419. The molecule has 0 atom stereocenters. The zero-order chi connectivity index (χ0) is 13.2. The summed E-state index contributed by atoms with van der Waals surface area (Å²) in [5.41, 5.74) is 0. The van der Waals surface area contributed by atoms with Crippen molar-refractivity contribution >= 4 is 16.0 Å². The second kappa shape index (κ2) is 5.19. The Balaban J connectivity index is 2.27. The zero-order valence-electron chi connectivity index (χ0n) is 10.6. The highest BCUT2D eigenvalue weighted by molar-refractivity contribution is 7.89. The molecule has 7 heteroatoms. The van der Waals surface area contributed by atoms with Crippen LogP contribution in [0.4, 0.5) is 5.95 Å². The van der Waals surface area contributed by atoms with Crippen molar-refractivity contribution in [2.45, 2.75) is 37.1 Å². The van der Waals surface area contributed by atoms with Gasteiger partial charge in [-0.25, -0.2) is 18.4 Å². The molecule has 100 valence electrons. The third kappa shape index (κ3) is 2.62. The van der Waals surface area contributed by atoms with Crippen LogP contribution in [0.2, 0.25) is 0 Å². The molecule has 1 aromatic heterocycles. The molecule has 0 amide bonds. The van der Waals surface area contributed by atoms with Gasteiger partial charge in [-0.05, 0) is 19.3 Å². The molecule has 6 nitrogen and oxygen atoms in total. The lowest BCUT2D eigenvalue weighted by atomic mass is 10.5.